The first-order valence-electron chi connectivity index (χ1n) is 5.75. The Labute approximate surface area is 104 Å². The molecular formula is C13H23N3O. The molecule has 0 radical (unpaired) electrons. The maximum atomic E-state index is 6.04. The van der Waals surface area contributed by atoms with Gasteiger partial charge in [-0.1, -0.05) is 0 Å². The SMILES string of the molecule is COc1cc(N(C)CCN(C)C)c(N)cc1C. The van der Waals surface area contributed by atoms with E-state index < -0.39 is 0 Å². The third kappa shape index (κ3) is 3.53. The van der Waals surface area contributed by atoms with Crippen LogP contribution >= 0.6 is 0 Å². The summed E-state index contributed by atoms with van der Waals surface area (Å²) in [5, 5.41) is 0. The normalized spacial score (nSPS) is 10.7. The van der Waals surface area contributed by atoms with Gasteiger partial charge in [-0.3, -0.25) is 0 Å². The van der Waals surface area contributed by atoms with Crippen LogP contribution in [-0.4, -0.2) is 46.2 Å². The number of nitrogens with zero attached hydrogens (tertiary/aromatic N) is 2. The van der Waals surface area contributed by atoms with Crippen LogP contribution in [-0.2, 0) is 0 Å². The Bertz CT molecular complexity index is 377. The summed E-state index contributed by atoms with van der Waals surface area (Å²) in [5.74, 6) is 0.880. The lowest BCUT2D eigenvalue weighted by atomic mass is 10.1. The summed E-state index contributed by atoms with van der Waals surface area (Å²) >= 11 is 0. The molecule has 2 N–H and O–H groups in total. The van der Waals surface area contributed by atoms with Gasteiger partial charge in [0.15, 0.2) is 0 Å². The van der Waals surface area contributed by atoms with Crippen molar-refractivity contribution in [3.8, 4) is 5.75 Å². The number of methoxy groups -OCH3 is 1. The number of anilines is 2. The molecule has 0 bridgehead atoms. The molecule has 0 fully saturated rings. The van der Waals surface area contributed by atoms with Gasteiger partial charge in [0.2, 0.25) is 0 Å². The number of rotatable bonds is 5. The zero-order chi connectivity index (χ0) is 13.0. The van der Waals surface area contributed by atoms with Crippen LogP contribution in [0.1, 0.15) is 5.56 Å². The van der Waals surface area contributed by atoms with Gasteiger partial charge in [-0.05, 0) is 32.6 Å². The monoisotopic (exact) mass is 237 g/mol. The minimum Gasteiger partial charge on any atom is -0.496 e. The first kappa shape index (κ1) is 13.6. The molecule has 1 rings (SSSR count). The predicted octanol–water partition coefficient (Wildman–Crippen LogP) is 1.58. The van der Waals surface area contributed by atoms with Crippen LogP contribution in [0.5, 0.6) is 5.75 Å². The number of benzene rings is 1. The second-order valence-corrected chi connectivity index (χ2v) is 4.61. The first-order valence-corrected chi connectivity index (χ1v) is 5.75. The van der Waals surface area contributed by atoms with E-state index in [9.17, 15) is 0 Å². The van der Waals surface area contributed by atoms with Crippen LogP contribution in [0.25, 0.3) is 0 Å². The van der Waals surface area contributed by atoms with E-state index in [0.29, 0.717) is 0 Å². The van der Waals surface area contributed by atoms with Gasteiger partial charge in [-0.15, -0.1) is 0 Å². The summed E-state index contributed by atoms with van der Waals surface area (Å²) in [4.78, 5) is 4.30. The summed E-state index contributed by atoms with van der Waals surface area (Å²) in [6, 6.07) is 3.96. The number of likely N-dealkylation sites (N-methyl/N-ethyl adjacent to an activating group) is 2. The van der Waals surface area contributed by atoms with Gasteiger partial charge < -0.3 is 20.3 Å². The summed E-state index contributed by atoms with van der Waals surface area (Å²) in [6.45, 7) is 3.92. The standard InChI is InChI=1S/C13H23N3O/c1-10-8-11(14)12(9-13(10)17-5)16(4)7-6-15(2)3/h8-9H,6-7,14H2,1-5H3. The fraction of sp³-hybridized carbons (Fsp3) is 0.538. The molecular weight excluding hydrogens is 214 g/mol. The molecule has 0 saturated heterocycles. The molecule has 0 unspecified atom stereocenters. The lowest BCUT2D eigenvalue weighted by molar-refractivity contribution is 0.410. The van der Waals surface area contributed by atoms with E-state index in [1.807, 2.05) is 26.1 Å². The zero-order valence-electron chi connectivity index (χ0n) is 11.4. The van der Waals surface area contributed by atoms with E-state index in [2.05, 4.69) is 23.9 Å². The van der Waals surface area contributed by atoms with E-state index in [1.165, 1.54) is 0 Å². The van der Waals surface area contributed by atoms with Crippen molar-refractivity contribution in [2.75, 3.05) is 52.0 Å². The van der Waals surface area contributed by atoms with Gasteiger partial charge in [-0.25, -0.2) is 0 Å². The number of nitrogens with two attached hydrogens (primary N) is 1. The van der Waals surface area contributed by atoms with Crippen LogP contribution in [0, 0.1) is 6.92 Å². The third-order valence-electron chi connectivity index (χ3n) is 2.84. The minimum atomic E-state index is 0.796. The highest BCUT2D eigenvalue weighted by Gasteiger charge is 2.09. The maximum Gasteiger partial charge on any atom is 0.123 e. The van der Waals surface area contributed by atoms with Crippen molar-refractivity contribution in [3.63, 3.8) is 0 Å². The Morgan fingerprint density at radius 3 is 2.35 bits per heavy atom. The lowest BCUT2D eigenvalue weighted by Crippen LogP contribution is -2.29. The highest BCUT2D eigenvalue weighted by atomic mass is 16.5. The van der Waals surface area contributed by atoms with Crippen molar-refractivity contribution in [3.05, 3.63) is 17.7 Å². The topological polar surface area (TPSA) is 41.7 Å². The number of aryl methyl sites for hydroxylation is 1. The number of hydrogen-bond donors (Lipinski definition) is 1. The smallest absolute Gasteiger partial charge is 0.123 e. The summed E-state index contributed by atoms with van der Waals surface area (Å²) in [7, 11) is 7.85. The van der Waals surface area contributed by atoms with Gasteiger partial charge in [0, 0.05) is 26.2 Å². The zero-order valence-corrected chi connectivity index (χ0v) is 11.4. The Hall–Kier alpha value is -1.42. The molecule has 0 aliphatic carbocycles. The quantitative estimate of drug-likeness (QED) is 0.790. The molecule has 0 heterocycles. The third-order valence-corrected chi connectivity index (χ3v) is 2.84. The molecule has 4 heteroatoms. The average Bonchev–Trinajstić information content (AvgIpc) is 2.26. The predicted molar refractivity (Wildman–Crippen MR) is 74.0 cm³/mol. The van der Waals surface area contributed by atoms with E-state index in [4.69, 9.17) is 10.5 Å². The van der Waals surface area contributed by atoms with Crippen molar-refractivity contribution in [2.45, 2.75) is 6.92 Å². The highest BCUT2D eigenvalue weighted by Crippen LogP contribution is 2.30. The summed E-state index contributed by atoms with van der Waals surface area (Å²) in [5.41, 5.74) is 8.92. The molecule has 0 saturated carbocycles. The van der Waals surface area contributed by atoms with Gasteiger partial charge in [0.25, 0.3) is 0 Å². The lowest BCUT2D eigenvalue weighted by Gasteiger charge is -2.24. The van der Waals surface area contributed by atoms with Crippen molar-refractivity contribution < 1.29 is 4.74 Å². The number of hydrogen-bond acceptors (Lipinski definition) is 4. The van der Waals surface area contributed by atoms with E-state index in [-0.39, 0.29) is 0 Å². The maximum absolute atomic E-state index is 6.04. The second kappa shape index (κ2) is 5.77. The molecule has 0 spiro atoms. The van der Waals surface area contributed by atoms with Gasteiger partial charge in [-0.2, -0.15) is 0 Å². The number of ether oxygens (including phenoxy) is 1. The van der Waals surface area contributed by atoms with Gasteiger partial charge >= 0.3 is 0 Å². The minimum absolute atomic E-state index is 0.796. The molecule has 0 amide bonds. The Morgan fingerprint density at radius 2 is 1.82 bits per heavy atom. The fourth-order valence-corrected chi connectivity index (χ4v) is 1.72. The molecule has 4 nitrogen and oxygen atoms in total. The van der Waals surface area contributed by atoms with Crippen LogP contribution < -0.4 is 15.4 Å². The van der Waals surface area contributed by atoms with Gasteiger partial charge in [0.1, 0.15) is 5.75 Å². The Kier molecular flexibility index (Phi) is 4.63. The van der Waals surface area contributed by atoms with Crippen molar-refractivity contribution >= 4 is 11.4 Å². The molecule has 1 aromatic rings. The van der Waals surface area contributed by atoms with Crippen LogP contribution in [0.2, 0.25) is 0 Å². The van der Waals surface area contributed by atoms with Crippen molar-refractivity contribution in [1.29, 1.82) is 0 Å². The largest absolute Gasteiger partial charge is 0.496 e. The summed E-state index contributed by atoms with van der Waals surface area (Å²) in [6.07, 6.45) is 0. The van der Waals surface area contributed by atoms with Crippen LogP contribution in [0.3, 0.4) is 0 Å². The molecule has 0 aliphatic heterocycles. The van der Waals surface area contributed by atoms with Crippen LogP contribution in [0.4, 0.5) is 11.4 Å². The second-order valence-electron chi connectivity index (χ2n) is 4.61. The first-order chi connectivity index (χ1) is 7.95. The molecule has 1 aromatic carbocycles. The van der Waals surface area contributed by atoms with E-state index >= 15 is 0 Å². The average molecular weight is 237 g/mol. The molecule has 0 atom stereocenters. The molecule has 0 aromatic heterocycles. The van der Waals surface area contributed by atoms with E-state index in [0.717, 1.165) is 35.8 Å². The van der Waals surface area contributed by atoms with Crippen LogP contribution in [0.15, 0.2) is 12.1 Å². The van der Waals surface area contributed by atoms with Crippen molar-refractivity contribution in [2.24, 2.45) is 0 Å². The molecule has 0 aliphatic rings. The highest BCUT2D eigenvalue weighted by molar-refractivity contribution is 5.71. The van der Waals surface area contributed by atoms with E-state index in [1.54, 1.807) is 7.11 Å². The molecule has 17 heavy (non-hydrogen) atoms. The summed E-state index contributed by atoms with van der Waals surface area (Å²) < 4.78 is 5.32. The van der Waals surface area contributed by atoms with Crippen molar-refractivity contribution in [1.82, 2.24) is 4.90 Å². The Balaban J connectivity index is 2.89. The Morgan fingerprint density at radius 1 is 1.18 bits per heavy atom. The molecule has 96 valence electrons. The van der Waals surface area contributed by atoms with Gasteiger partial charge in [0.05, 0.1) is 18.5 Å². The fourth-order valence-electron chi connectivity index (χ4n) is 1.72. The number of nitrogen functional groups attached to an aromatic ring is 1.